The lowest BCUT2D eigenvalue weighted by Crippen LogP contribution is -2.30. The van der Waals surface area contributed by atoms with Crippen molar-refractivity contribution < 1.29 is 28.6 Å². The minimum Gasteiger partial charge on any atom is -0.462 e. The number of ether oxygens (including phenoxy) is 3. The van der Waals surface area contributed by atoms with Gasteiger partial charge < -0.3 is 14.2 Å². The number of rotatable bonds is 51. The third-order valence-electron chi connectivity index (χ3n) is 12.3. The third kappa shape index (κ3) is 52.2. The van der Waals surface area contributed by atoms with E-state index in [0.29, 0.717) is 19.3 Å². The first kappa shape index (κ1) is 62.4. The number of carbonyl (C=O) groups is 3. The topological polar surface area (TPSA) is 78.9 Å². The molecule has 0 aliphatic rings. The van der Waals surface area contributed by atoms with E-state index in [1.807, 2.05) is 0 Å². The van der Waals surface area contributed by atoms with E-state index in [9.17, 15) is 14.4 Å². The molecule has 0 bridgehead atoms. The summed E-state index contributed by atoms with van der Waals surface area (Å²) in [4.78, 5) is 38.1. The Balaban J connectivity index is 4.38. The Morgan fingerprint density at radius 2 is 0.600 bits per heavy atom. The molecule has 0 radical (unpaired) electrons. The second-order valence-electron chi connectivity index (χ2n) is 18.8. The molecule has 0 amide bonds. The SMILES string of the molecule is CC/C=C\C/C=C\C/C=C\CCCCCCC(=O)OCC(COC(=O)CCCCCCCCCCCCCCCCCCC)OC(=O)CCCCCCC/C=C\CCCCCCCCC. The molecule has 0 heterocycles. The Morgan fingerprint density at radius 3 is 0.954 bits per heavy atom. The van der Waals surface area contributed by atoms with Crippen molar-refractivity contribution in [2.75, 3.05) is 13.2 Å². The molecule has 0 aromatic rings. The van der Waals surface area contributed by atoms with Crippen molar-refractivity contribution in [3.8, 4) is 0 Å². The van der Waals surface area contributed by atoms with Gasteiger partial charge in [-0.15, -0.1) is 0 Å². The van der Waals surface area contributed by atoms with Gasteiger partial charge in [0.25, 0.3) is 0 Å². The maximum atomic E-state index is 12.8. The van der Waals surface area contributed by atoms with Crippen LogP contribution in [0, 0.1) is 0 Å². The van der Waals surface area contributed by atoms with Gasteiger partial charge in [-0.2, -0.15) is 0 Å². The van der Waals surface area contributed by atoms with Gasteiger partial charge in [-0.25, -0.2) is 0 Å². The second kappa shape index (κ2) is 54.0. The lowest BCUT2D eigenvalue weighted by atomic mass is 10.0. The molecule has 0 N–H and O–H groups in total. The van der Waals surface area contributed by atoms with Crippen LogP contribution in [0.5, 0.6) is 0 Å². The van der Waals surface area contributed by atoms with Crippen LogP contribution in [0.2, 0.25) is 0 Å². The van der Waals surface area contributed by atoms with Gasteiger partial charge in [0.1, 0.15) is 13.2 Å². The smallest absolute Gasteiger partial charge is 0.306 e. The summed E-state index contributed by atoms with van der Waals surface area (Å²) in [7, 11) is 0. The average Bonchev–Trinajstić information content (AvgIpc) is 3.30. The van der Waals surface area contributed by atoms with Crippen LogP contribution in [0.25, 0.3) is 0 Å². The van der Waals surface area contributed by atoms with Crippen molar-refractivity contribution in [3.05, 3.63) is 48.6 Å². The fourth-order valence-corrected chi connectivity index (χ4v) is 8.10. The van der Waals surface area contributed by atoms with Gasteiger partial charge in [0.2, 0.25) is 0 Å². The maximum absolute atomic E-state index is 12.8. The minimum atomic E-state index is -0.784. The number of hydrogen-bond acceptors (Lipinski definition) is 6. The Kier molecular flexibility index (Phi) is 51.8. The quantitative estimate of drug-likeness (QED) is 0.0262. The van der Waals surface area contributed by atoms with Crippen LogP contribution in [0.4, 0.5) is 0 Å². The van der Waals surface area contributed by atoms with Gasteiger partial charge in [-0.3, -0.25) is 14.4 Å². The highest BCUT2D eigenvalue weighted by molar-refractivity contribution is 5.71. The van der Waals surface area contributed by atoms with Crippen LogP contribution in [0.1, 0.15) is 290 Å². The standard InChI is InChI=1S/C59H106O6/c1-4-7-10-13-16-19-22-25-28-30-32-34-37-40-43-46-49-52-58(61)64-55-56(54-63-57(60)51-48-45-42-39-36-33-27-24-21-18-15-12-9-6-3)65-59(62)53-50-47-44-41-38-35-31-29-26-23-20-17-14-11-8-5-2/h9,12,18,21,27,29,31,33,56H,4-8,10-11,13-17,19-20,22-26,28,30,32,34-55H2,1-3H3/b12-9-,21-18-,31-29-,33-27-. The predicted octanol–water partition coefficient (Wildman–Crippen LogP) is 18.7. The largest absolute Gasteiger partial charge is 0.462 e. The molecule has 0 spiro atoms. The Labute approximate surface area is 403 Å². The zero-order chi connectivity index (χ0) is 47.2. The van der Waals surface area contributed by atoms with Gasteiger partial charge in [-0.1, -0.05) is 243 Å². The zero-order valence-corrected chi connectivity index (χ0v) is 43.3. The van der Waals surface area contributed by atoms with Gasteiger partial charge >= 0.3 is 17.9 Å². The van der Waals surface area contributed by atoms with Crippen molar-refractivity contribution in [1.82, 2.24) is 0 Å². The first-order valence-corrected chi connectivity index (χ1v) is 28.1. The van der Waals surface area contributed by atoms with E-state index in [-0.39, 0.29) is 31.1 Å². The first-order chi connectivity index (χ1) is 32.0. The molecule has 1 unspecified atom stereocenters. The predicted molar refractivity (Wildman–Crippen MR) is 279 cm³/mol. The number of esters is 3. The van der Waals surface area contributed by atoms with Crippen LogP contribution in [0.3, 0.4) is 0 Å². The summed E-state index contributed by atoms with van der Waals surface area (Å²) in [6.45, 7) is 6.53. The van der Waals surface area contributed by atoms with Crippen molar-refractivity contribution >= 4 is 17.9 Å². The minimum absolute atomic E-state index is 0.0809. The zero-order valence-electron chi connectivity index (χ0n) is 43.3. The fourth-order valence-electron chi connectivity index (χ4n) is 8.10. The first-order valence-electron chi connectivity index (χ1n) is 28.1. The Hall–Kier alpha value is -2.63. The molecule has 0 aliphatic heterocycles. The lowest BCUT2D eigenvalue weighted by Gasteiger charge is -2.18. The lowest BCUT2D eigenvalue weighted by molar-refractivity contribution is -0.167. The van der Waals surface area contributed by atoms with Gasteiger partial charge in [0.05, 0.1) is 0 Å². The molecular formula is C59H106O6. The van der Waals surface area contributed by atoms with Crippen molar-refractivity contribution in [1.29, 1.82) is 0 Å². The highest BCUT2D eigenvalue weighted by Gasteiger charge is 2.19. The summed E-state index contributed by atoms with van der Waals surface area (Å²) in [5.41, 5.74) is 0. The van der Waals surface area contributed by atoms with Crippen LogP contribution in [-0.2, 0) is 28.6 Å². The van der Waals surface area contributed by atoms with E-state index < -0.39 is 6.10 Å². The molecule has 6 nitrogen and oxygen atoms in total. The van der Waals surface area contributed by atoms with E-state index in [2.05, 4.69) is 69.4 Å². The van der Waals surface area contributed by atoms with E-state index in [1.54, 1.807) is 0 Å². The van der Waals surface area contributed by atoms with E-state index in [0.717, 1.165) is 103 Å². The van der Waals surface area contributed by atoms with Gasteiger partial charge in [0.15, 0.2) is 6.10 Å². The molecule has 65 heavy (non-hydrogen) atoms. The second-order valence-corrected chi connectivity index (χ2v) is 18.8. The molecule has 0 aliphatic carbocycles. The van der Waals surface area contributed by atoms with Crippen LogP contribution < -0.4 is 0 Å². The normalized spacial score (nSPS) is 12.4. The number of hydrogen-bond donors (Lipinski definition) is 0. The number of allylic oxidation sites excluding steroid dienone is 8. The highest BCUT2D eigenvalue weighted by atomic mass is 16.6. The molecule has 0 rings (SSSR count). The number of carbonyl (C=O) groups excluding carboxylic acids is 3. The maximum Gasteiger partial charge on any atom is 0.306 e. The fraction of sp³-hybridized carbons (Fsp3) is 0.814. The monoisotopic (exact) mass is 911 g/mol. The Morgan fingerprint density at radius 1 is 0.323 bits per heavy atom. The summed E-state index contributed by atoms with van der Waals surface area (Å²) in [5.74, 6) is -0.899. The summed E-state index contributed by atoms with van der Waals surface area (Å²) in [5, 5.41) is 0. The number of unbranched alkanes of at least 4 members (excludes halogenated alkanes) is 32. The third-order valence-corrected chi connectivity index (χ3v) is 12.3. The molecule has 378 valence electrons. The van der Waals surface area contributed by atoms with Crippen molar-refractivity contribution in [2.24, 2.45) is 0 Å². The summed E-state index contributed by atoms with van der Waals surface area (Å²) >= 11 is 0. The van der Waals surface area contributed by atoms with Gasteiger partial charge in [0, 0.05) is 19.3 Å². The van der Waals surface area contributed by atoms with E-state index in [1.165, 1.54) is 148 Å². The highest BCUT2D eigenvalue weighted by Crippen LogP contribution is 2.16. The average molecular weight is 911 g/mol. The Bertz CT molecular complexity index is 1140. The van der Waals surface area contributed by atoms with E-state index >= 15 is 0 Å². The molecule has 6 heteroatoms. The molecule has 0 aromatic carbocycles. The molecule has 0 fully saturated rings. The molecule has 0 saturated heterocycles. The molecule has 0 aromatic heterocycles. The summed E-state index contributed by atoms with van der Waals surface area (Å²) in [6.07, 6.45) is 65.3. The molecule has 0 saturated carbocycles. The van der Waals surface area contributed by atoms with Crippen molar-refractivity contribution in [2.45, 2.75) is 297 Å². The van der Waals surface area contributed by atoms with Gasteiger partial charge in [-0.05, 0) is 77.0 Å². The summed E-state index contributed by atoms with van der Waals surface area (Å²) < 4.78 is 16.8. The molecule has 1 atom stereocenters. The van der Waals surface area contributed by atoms with E-state index in [4.69, 9.17) is 14.2 Å². The molecular weight excluding hydrogens is 805 g/mol. The van der Waals surface area contributed by atoms with Crippen LogP contribution >= 0.6 is 0 Å². The van der Waals surface area contributed by atoms with Crippen molar-refractivity contribution in [3.63, 3.8) is 0 Å². The van der Waals surface area contributed by atoms with Crippen LogP contribution in [-0.4, -0.2) is 37.2 Å². The summed E-state index contributed by atoms with van der Waals surface area (Å²) in [6, 6.07) is 0. The van der Waals surface area contributed by atoms with Crippen LogP contribution in [0.15, 0.2) is 48.6 Å².